The lowest BCUT2D eigenvalue weighted by Crippen LogP contribution is -2.08. The minimum atomic E-state index is -1.11. The van der Waals surface area contributed by atoms with Gasteiger partial charge in [-0.05, 0) is 18.6 Å². The molecule has 0 amide bonds. The molecule has 0 aliphatic rings. The highest BCUT2D eigenvalue weighted by molar-refractivity contribution is 5.90. The second-order valence-corrected chi connectivity index (χ2v) is 5.30. The Bertz CT molecular complexity index is 849. The summed E-state index contributed by atoms with van der Waals surface area (Å²) in [5.74, 6) is -0.827. The molecular formula is C19H16N2O3. The van der Waals surface area contributed by atoms with Gasteiger partial charge in [0.25, 0.3) is 0 Å². The van der Waals surface area contributed by atoms with Crippen LogP contribution in [0.2, 0.25) is 0 Å². The van der Waals surface area contributed by atoms with Crippen LogP contribution in [0.15, 0.2) is 61.1 Å². The fourth-order valence-electron chi connectivity index (χ4n) is 2.46. The van der Waals surface area contributed by atoms with E-state index in [1.54, 1.807) is 18.6 Å². The number of ether oxygens (including phenoxy) is 1. The predicted molar refractivity (Wildman–Crippen MR) is 89.9 cm³/mol. The second-order valence-electron chi connectivity index (χ2n) is 5.30. The molecule has 0 saturated carbocycles. The van der Waals surface area contributed by atoms with Crippen LogP contribution in [0.4, 0.5) is 0 Å². The molecule has 1 aromatic carbocycles. The van der Waals surface area contributed by atoms with Crippen molar-refractivity contribution in [3.05, 3.63) is 77.9 Å². The summed E-state index contributed by atoms with van der Waals surface area (Å²) in [4.78, 5) is 19.7. The first-order valence-electron chi connectivity index (χ1n) is 7.47. The smallest absolute Gasteiger partial charge is 0.358 e. The maximum absolute atomic E-state index is 11.5. The van der Waals surface area contributed by atoms with E-state index in [-0.39, 0.29) is 18.1 Å². The fraction of sp³-hybridized carbons (Fsp3) is 0.105. The number of aromatic carboxylic acids is 1. The highest BCUT2D eigenvalue weighted by atomic mass is 16.5. The zero-order chi connectivity index (χ0) is 16.9. The van der Waals surface area contributed by atoms with E-state index in [9.17, 15) is 9.90 Å². The molecule has 0 aliphatic carbocycles. The molecule has 0 saturated heterocycles. The minimum absolute atomic E-state index is 0.0870. The van der Waals surface area contributed by atoms with E-state index >= 15 is 0 Å². The van der Waals surface area contributed by atoms with E-state index in [2.05, 4.69) is 9.97 Å². The van der Waals surface area contributed by atoms with Crippen molar-refractivity contribution < 1.29 is 14.6 Å². The van der Waals surface area contributed by atoms with Crippen LogP contribution in [0.25, 0.3) is 11.1 Å². The summed E-state index contributed by atoms with van der Waals surface area (Å²) in [6.07, 6.45) is 4.95. The third-order valence-corrected chi connectivity index (χ3v) is 3.68. The fourth-order valence-corrected chi connectivity index (χ4v) is 2.46. The molecule has 0 bridgehead atoms. The first-order chi connectivity index (χ1) is 11.7. The van der Waals surface area contributed by atoms with Gasteiger partial charge in [-0.3, -0.25) is 4.98 Å². The van der Waals surface area contributed by atoms with Gasteiger partial charge in [-0.25, -0.2) is 9.78 Å². The van der Waals surface area contributed by atoms with Gasteiger partial charge in [0.1, 0.15) is 6.61 Å². The van der Waals surface area contributed by atoms with Crippen LogP contribution in [0.5, 0.6) is 5.75 Å². The van der Waals surface area contributed by atoms with Gasteiger partial charge in [-0.2, -0.15) is 0 Å². The number of aromatic nitrogens is 2. The van der Waals surface area contributed by atoms with Gasteiger partial charge >= 0.3 is 5.97 Å². The van der Waals surface area contributed by atoms with Gasteiger partial charge in [0.05, 0.1) is 0 Å². The maximum atomic E-state index is 11.5. The first kappa shape index (κ1) is 15.7. The van der Waals surface area contributed by atoms with Crippen LogP contribution < -0.4 is 4.74 Å². The van der Waals surface area contributed by atoms with Crippen LogP contribution in [0.1, 0.15) is 21.6 Å². The van der Waals surface area contributed by atoms with Gasteiger partial charge in [-0.15, -0.1) is 0 Å². The number of benzene rings is 1. The van der Waals surface area contributed by atoms with Gasteiger partial charge in [0.15, 0.2) is 11.4 Å². The highest BCUT2D eigenvalue weighted by Crippen LogP contribution is 2.31. The van der Waals surface area contributed by atoms with E-state index in [1.165, 1.54) is 0 Å². The van der Waals surface area contributed by atoms with Crippen molar-refractivity contribution >= 4 is 5.97 Å². The maximum Gasteiger partial charge on any atom is 0.358 e. The van der Waals surface area contributed by atoms with Crippen molar-refractivity contribution in [2.24, 2.45) is 0 Å². The Morgan fingerprint density at radius 1 is 1.12 bits per heavy atom. The summed E-state index contributed by atoms with van der Waals surface area (Å²) in [7, 11) is 0. The summed E-state index contributed by atoms with van der Waals surface area (Å²) >= 11 is 0. The molecule has 24 heavy (non-hydrogen) atoms. The number of carboxylic acid groups (broad SMARTS) is 1. The lowest BCUT2D eigenvalue weighted by molar-refractivity contribution is 0.0684. The van der Waals surface area contributed by atoms with E-state index in [0.717, 1.165) is 22.3 Å². The Morgan fingerprint density at radius 2 is 1.92 bits per heavy atom. The van der Waals surface area contributed by atoms with Crippen LogP contribution in [0, 0.1) is 6.92 Å². The molecule has 0 fully saturated rings. The summed E-state index contributed by atoms with van der Waals surface area (Å²) in [6, 6.07) is 13.3. The summed E-state index contributed by atoms with van der Waals surface area (Å²) in [5, 5.41) is 9.39. The van der Waals surface area contributed by atoms with Gasteiger partial charge in [-0.1, -0.05) is 36.4 Å². The Morgan fingerprint density at radius 3 is 2.58 bits per heavy atom. The quantitative estimate of drug-likeness (QED) is 0.775. The van der Waals surface area contributed by atoms with Crippen LogP contribution in [-0.2, 0) is 6.61 Å². The van der Waals surface area contributed by atoms with E-state index in [4.69, 9.17) is 4.74 Å². The Hall–Kier alpha value is -3.21. The third-order valence-electron chi connectivity index (χ3n) is 3.68. The number of carboxylic acids is 1. The number of pyridine rings is 2. The summed E-state index contributed by atoms with van der Waals surface area (Å²) in [6.45, 7) is 2.11. The molecule has 5 nitrogen and oxygen atoms in total. The molecule has 0 spiro atoms. The normalized spacial score (nSPS) is 10.4. The first-order valence-corrected chi connectivity index (χ1v) is 7.47. The van der Waals surface area contributed by atoms with Crippen molar-refractivity contribution in [3.63, 3.8) is 0 Å². The molecule has 2 aromatic heterocycles. The average Bonchev–Trinajstić information content (AvgIpc) is 2.62. The van der Waals surface area contributed by atoms with E-state index < -0.39 is 5.97 Å². The Labute approximate surface area is 139 Å². The lowest BCUT2D eigenvalue weighted by atomic mass is 10.0. The SMILES string of the molecule is Cc1c(-c2cccnc2)cnc(C(=O)O)c1OCc1ccccc1. The number of hydrogen-bond donors (Lipinski definition) is 1. The largest absolute Gasteiger partial charge is 0.486 e. The minimum Gasteiger partial charge on any atom is -0.486 e. The van der Waals surface area contributed by atoms with Gasteiger partial charge in [0, 0.05) is 35.3 Å². The average molecular weight is 320 g/mol. The number of hydrogen-bond acceptors (Lipinski definition) is 4. The molecule has 0 radical (unpaired) electrons. The molecule has 1 N–H and O–H groups in total. The Balaban J connectivity index is 2.00. The number of rotatable bonds is 5. The molecule has 0 aliphatic heterocycles. The van der Waals surface area contributed by atoms with Gasteiger partial charge in [0.2, 0.25) is 0 Å². The third kappa shape index (κ3) is 3.25. The molecule has 0 atom stereocenters. The lowest BCUT2D eigenvalue weighted by Gasteiger charge is -2.15. The molecule has 3 rings (SSSR count). The van der Waals surface area contributed by atoms with Crippen LogP contribution in [-0.4, -0.2) is 21.0 Å². The Kier molecular flexibility index (Phi) is 4.52. The molecule has 2 heterocycles. The molecule has 5 heteroatoms. The van der Waals surface area contributed by atoms with Gasteiger partial charge < -0.3 is 9.84 Å². The predicted octanol–water partition coefficient (Wildman–Crippen LogP) is 3.73. The van der Waals surface area contributed by atoms with E-state index in [0.29, 0.717) is 0 Å². The standard InChI is InChI=1S/C19H16N2O3/c1-13-16(15-8-5-9-20-10-15)11-21-17(19(22)23)18(13)24-12-14-6-3-2-4-7-14/h2-11H,12H2,1H3,(H,22,23). The number of nitrogens with zero attached hydrogens (tertiary/aromatic N) is 2. The van der Waals surface area contributed by atoms with Crippen molar-refractivity contribution in [1.82, 2.24) is 9.97 Å². The van der Waals surface area contributed by atoms with Crippen LogP contribution in [0.3, 0.4) is 0 Å². The summed E-state index contributed by atoms with van der Waals surface area (Å²) in [5.41, 5.74) is 3.27. The topological polar surface area (TPSA) is 72.3 Å². The monoisotopic (exact) mass is 320 g/mol. The van der Waals surface area contributed by atoms with E-state index in [1.807, 2.05) is 49.4 Å². The second kappa shape index (κ2) is 6.91. The highest BCUT2D eigenvalue weighted by Gasteiger charge is 2.19. The van der Waals surface area contributed by atoms with Crippen molar-refractivity contribution in [3.8, 4) is 16.9 Å². The van der Waals surface area contributed by atoms with Crippen molar-refractivity contribution in [1.29, 1.82) is 0 Å². The number of carbonyl (C=O) groups is 1. The van der Waals surface area contributed by atoms with Crippen molar-refractivity contribution in [2.75, 3.05) is 0 Å². The van der Waals surface area contributed by atoms with Crippen molar-refractivity contribution in [2.45, 2.75) is 13.5 Å². The zero-order valence-corrected chi connectivity index (χ0v) is 13.1. The zero-order valence-electron chi connectivity index (χ0n) is 13.1. The van der Waals surface area contributed by atoms with Crippen LogP contribution >= 0.6 is 0 Å². The molecule has 3 aromatic rings. The molecule has 120 valence electrons. The molecule has 0 unspecified atom stereocenters. The molecular weight excluding hydrogens is 304 g/mol. The summed E-state index contributed by atoms with van der Waals surface area (Å²) < 4.78 is 5.81.